The molecule has 8 heteroatoms. The molecule has 6 nitrogen and oxygen atoms in total. The SMILES string of the molecule is CC(C)c1cc(Oc2c(Cl)cc([N+](=O)[O-])cc2Cl)c[nH]c1=O. The molecular formula is C14H12Cl2N2O4. The van der Waals surface area contributed by atoms with Crippen LogP contribution in [0.3, 0.4) is 0 Å². The van der Waals surface area contributed by atoms with E-state index in [1.54, 1.807) is 6.07 Å². The molecule has 0 spiro atoms. The third-order valence-electron chi connectivity index (χ3n) is 2.94. The molecule has 0 aliphatic heterocycles. The summed E-state index contributed by atoms with van der Waals surface area (Å²) in [5.74, 6) is 0.437. The molecule has 0 bridgehead atoms. The van der Waals surface area contributed by atoms with Gasteiger partial charge in [0.1, 0.15) is 5.75 Å². The van der Waals surface area contributed by atoms with Crippen LogP contribution in [0.5, 0.6) is 11.5 Å². The van der Waals surface area contributed by atoms with E-state index in [1.165, 1.54) is 6.20 Å². The van der Waals surface area contributed by atoms with E-state index in [9.17, 15) is 14.9 Å². The predicted octanol–water partition coefficient (Wildman–Crippen LogP) is 4.51. The van der Waals surface area contributed by atoms with Crippen molar-refractivity contribution < 1.29 is 9.66 Å². The highest BCUT2D eigenvalue weighted by molar-refractivity contribution is 6.37. The second kappa shape index (κ2) is 6.37. The van der Waals surface area contributed by atoms with Crippen molar-refractivity contribution in [1.82, 2.24) is 4.98 Å². The Labute approximate surface area is 135 Å². The Morgan fingerprint density at radius 1 is 1.23 bits per heavy atom. The first-order valence-corrected chi connectivity index (χ1v) is 7.09. The largest absolute Gasteiger partial charge is 0.453 e. The van der Waals surface area contributed by atoms with Gasteiger partial charge in [0.2, 0.25) is 0 Å². The van der Waals surface area contributed by atoms with Crippen molar-refractivity contribution in [3.8, 4) is 11.5 Å². The van der Waals surface area contributed by atoms with Crippen molar-refractivity contribution in [2.75, 3.05) is 0 Å². The van der Waals surface area contributed by atoms with Gasteiger partial charge in [-0.05, 0) is 12.0 Å². The summed E-state index contributed by atoms with van der Waals surface area (Å²) in [5.41, 5.74) is 0.113. The van der Waals surface area contributed by atoms with Crippen LogP contribution < -0.4 is 10.3 Å². The molecule has 1 heterocycles. The normalized spacial score (nSPS) is 10.8. The number of nitro benzene ring substituents is 1. The molecule has 0 aliphatic carbocycles. The van der Waals surface area contributed by atoms with Crippen LogP contribution in [0.15, 0.2) is 29.2 Å². The minimum Gasteiger partial charge on any atom is -0.453 e. The van der Waals surface area contributed by atoms with Crippen LogP contribution >= 0.6 is 23.2 Å². The van der Waals surface area contributed by atoms with Crippen molar-refractivity contribution in [3.05, 3.63) is 60.5 Å². The number of nitrogens with zero attached hydrogens (tertiary/aromatic N) is 1. The van der Waals surface area contributed by atoms with E-state index in [-0.39, 0.29) is 33.0 Å². The molecule has 0 fully saturated rings. The van der Waals surface area contributed by atoms with Gasteiger partial charge in [-0.3, -0.25) is 14.9 Å². The number of H-pyrrole nitrogens is 1. The van der Waals surface area contributed by atoms with E-state index in [0.29, 0.717) is 11.3 Å². The molecule has 2 rings (SSSR count). The number of halogens is 2. The van der Waals surface area contributed by atoms with Crippen LogP contribution in [-0.2, 0) is 0 Å². The van der Waals surface area contributed by atoms with Crippen molar-refractivity contribution in [1.29, 1.82) is 0 Å². The molecule has 22 heavy (non-hydrogen) atoms. The number of nitrogens with one attached hydrogen (secondary N) is 1. The molecule has 2 aromatic rings. The third-order valence-corrected chi connectivity index (χ3v) is 3.50. The lowest BCUT2D eigenvalue weighted by molar-refractivity contribution is -0.384. The van der Waals surface area contributed by atoms with Crippen LogP contribution in [0, 0.1) is 10.1 Å². The molecule has 0 radical (unpaired) electrons. The molecule has 0 saturated heterocycles. The second-order valence-electron chi connectivity index (χ2n) is 4.87. The van der Waals surface area contributed by atoms with Crippen molar-refractivity contribution in [2.24, 2.45) is 0 Å². The Kier molecular flexibility index (Phi) is 4.73. The van der Waals surface area contributed by atoms with E-state index < -0.39 is 4.92 Å². The minimum absolute atomic E-state index is 0.00936. The fourth-order valence-electron chi connectivity index (χ4n) is 1.84. The van der Waals surface area contributed by atoms with Crippen molar-refractivity contribution >= 4 is 28.9 Å². The summed E-state index contributed by atoms with van der Waals surface area (Å²) in [6.45, 7) is 3.75. The van der Waals surface area contributed by atoms with E-state index in [0.717, 1.165) is 12.1 Å². The predicted molar refractivity (Wildman–Crippen MR) is 84.3 cm³/mol. The standard InChI is InChI=1S/C14H12Cl2N2O4/c1-7(2)10-5-9(6-17-14(10)19)22-13-11(15)3-8(18(20)21)4-12(13)16/h3-7H,1-2H3,(H,17,19). The van der Waals surface area contributed by atoms with Crippen LogP contribution in [0.2, 0.25) is 10.0 Å². The third kappa shape index (κ3) is 3.40. The molecule has 1 aromatic carbocycles. The first kappa shape index (κ1) is 16.3. The molecule has 0 saturated carbocycles. The Morgan fingerprint density at radius 3 is 2.32 bits per heavy atom. The van der Waals surface area contributed by atoms with Gasteiger partial charge in [-0.1, -0.05) is 37.0 Å². The first-order valence-electron chi connectivity index (χ1n) is 6.33. The number of benzene rings is 1. The number of pyridine rings is 1. The zero-order chi connectivity index (χ0) is 16.4. The zero-order valence-corrected chi connectivity index (χ0v) is 13.2. The maximum atomic E-state index is 11.7. The van der Waals surface area contributed by atoms with E-state index in [4.69, 9.17) is 27.9 Å². The van der Waals surface area contributed by atoms with Gasteiger partial charge in [-0.2, -0.15) is 0 Å². The van der Waals surface area contributed by atoms with Gasteiger partial charge in [-0.25, -0.2) is 0 Å². The monoisotopic (exact) mass is 342 g/mol. The lowest BCUT2D eigenvalue weighted by Gasteiger charge is -2.11. The number of hydrogen-bond donors (Lipinski definition) is 1. The molecule has 0 atom stereocenters. The van der Waals surface area contributed by atoms with E-state index in [2.05, 4.69) is 4.98 Å². The second-order valence-corrected chi connectivity index (χ2v) is 5.69. The quantitative estimate of drug-likeness (QED) is 0.654. The summed E-state index contributed by atoms with van der Waals surface area (Å²) < 4.78 is 5.56. The topological polar surface area (TPSA) is 85.2 Å². The maximum absolute atomic E-state index is 11.7. The number of hydrogen-bond acceptors (Lipinski definition) is 4. The Bertz CT molecular complexity index is 764. The summed E-state index contributed by atoms with van der Waals surface area (Å²) in [6.07, 6.45) is 1.38. The van der Waals surface area contributed by atoms with Gasteiger partial charge < -0.3 is 9.72 Å². The molecule has 0 aliphatic rings. The molecule has 116 valence electrons. The van der Waals surface area contributed by atoms with Gasteiger partial charge in [-0.15, -0.1) is 0 Å². The maximum Gasteiger partial charge on any atom is 0.272 e. The number of aromatic nitrogens is 1. The van der Waals surface area contributed by atoms with Gasteiger partial charge in [0.15, 0.2) is 5.75 Å². The lowest BCUT2D eigenvalue weighted by Crippen LogP contribution is -2.13. The minimum atomic E-state index is -0.599. The van der Waals surface area contributed by atoms with Gasteiger partial charge in [0.05, 0.1) is 15.0 Å². The number of nitro groups is 1. The van der Waals surface area contributed by atoms with Crippen molar-refractivity contribution in [2.45, 2.75) is 19.8 Å². The summed E-state index contributed by atoms with van der Waals surface area (Å²) in [4.78, 5) is 24.4. The molecule has 0 amide bonds. The van der Waals surface area contributed by atoms with E-state index >= 15 is 0 Å². The zero-order valence-electron chi connectivity index (χ0n) is 11.7. The summed E-state index contributed by atoms with van der Waals surface area (Å²) in [5, 5.41) is 10.8. The average Bonchev–Trinajstić information content (AvgIpc) is 2.43. The lowest BCUT2D eigenvalue weighted by atomic mass is 10.1. The van der Waals surface area contributed by atoms with Crippen LogP contribution in [0.25, 0.3) is 0 Å². The van der Waals surface area contributed by atoms with Crippen molar-refractivity contribution in [3.63, 3.8) is 0 Å². The van der Waals surface area contributed by atoms with Crippen LogP contribution in [0.1, 0.15) is 25.3 Å². The number of aromatic amines is 1. The van der Waals surface area contributed by atoms with Crippen LogP contribution in [-0.4, -0.2) is 9.91 Å². The number of rotatable bonds is 4. The highest BCUT2D eigenvalue weighted by Gasteiger charge is 2.17. The summed E-state index contributed by atoms with van der Waals surface area (Å²) in [7, 11) is 0. The van der Waals surface area contributed by atoms with Gasteiger partial charge >= 0.3 is 0 Å². The molecule has 1 N–H and O–H groups in total. The fraction of sp³-hybridized carbons (Fsp3) is 0.214. The first-order chi connectivity index (χ1) is 10.3. The highest BCUT2D eigenvalue weighted by Crippen LogP contribution is 2.39. The fourth-order valence-corrected chi connectivity index (χ4v) is 2.39. The Balaban J connectivity index is 2.41. The Hall–Kier alpha value is -2.05. The molecule has 1 aromatic heterocycles. The summed E-state index contributed by atoms with van der Waals surface area (Å²) >= 11 is 12.0. The molecule has 0 unspecified atom stereocenters. The van der Waals surface area contributed by atoms with Gasteiger partial charge in [0, 0.05) is 23.9 Å². The average molecular weight is 343 g/mol. The highest BCUT2D eigenvalue weighted by atomic mass is 35.5. The molecular weight excluding hydrogens is 331 g/mol. The number of ether oxygens (including phenoxy) is 1. The number of non-ortho nitro benzene ring substituents is 1. The van der Waals surface area contributed by atoms with E-state index in [1.807, 2.05) is 13.8 Å². The smallest absolute Gasteiger partial charge is 0.272 e. The van der Waals surface area contributed by atoms with Gasteiger partial charge in [0.25, 0.3) is 11.2 Å². The Morgan fingerprint density at radius 2 is 1.82 bits per heavy atom. The summed E-state index contributed by atoms with van der Waals surface area (Å²) in [6, 6.07) is 3.88. The van der Waals surface area contributed by atoms with Crippen LogP contribution in [0.4, 0.5) is 5.69 Å².